The van der Waals surface area contributed by atoms with Crippen LogP contribution in [0.25, 0.3) is 0 Å². The van der Waals surface area contributed by atoms with Gasteiger partial charge in [0.1, 0.15) is 0 Å². The van der Waals surface area contributed by atoms with Crippen molar-refractivity contribution in [1.29, 1.82) is 0 Å². The summed E-state index contributed by atoms with van der Waals surface area (Å²) in [4.78, 5) is 12.3. The van der Waals surface area contributed by atoms with Crippen molar-refractivity contribution in [3.8, 4) is 0 Å². The molecule has 0 unspecified atom stereocenters. The predicted octanol–water partition coefficient (Wildman–Crippen LogP) is -0.226. The third kappa shape index (κ3) is 4.15. The molecule has 1 aliphatic rings. The molecule has 7 heteroatoms. The van der Waals surface area contributed by atoms with Crippen LogP contribution in [0.1, 0.15) is 26.2 Å². The number of hydrogen-bond acceptors (Lipinski definition) is 4. The molecule has 1 fully saturated rings. The highest BCUT2D eigenvalue weighted by Crippen LogP contribution is 2.32. The van der Waals surface area contributed by atoms with Crippen LogP contribution in [0.2, 0.25) is 0 Å². The van der Waals surface area contributed by atoms with Gasteiger partial charge in [-0.2, -0.15) is 0 Å². The van der Waals surface area contributed by atoms with Gasteiger partial charge in [-0.1, -0.05) is 6.92 Å². The molecule has 0 spiro atoms. The van der Waals surface area contributed by atoms with E-state index in [1.165, 1.54) is 18.4 Å². The molecule has 1 aliphatic heterocycles. The maximum atomic E-state index is 12.3. The Hall–Kier alpha value is -0.660. The van der Waals surface area contributed by atoms with E-state index in [2.05, 4.69) is 10.6 Å². The molecule has 1 amide bonds. The van der Waals surface area contributed by atoms with Gasteiger partial charge in [-0.3, -0.25) is 4.79 Å². The Balaban J connectivity index is 2.50. The highest BCUT2D eigenvalue weighted by Gasteiger charge is 2.37. The molecule has 0 bridgehead atoms. The zero-order valence-corrected chi connectivity index (χ0v) is 12.8. The van der Waals surface area contributed by atoms with Gasteiger partial charge >= 0.3 is 0 Å². The fourth-order valence-corrected chi connectivity index (χ4v) is 3.04. The zero-order valence-electron chi connectivity index (χ0n) is 12.0. The lowest BCUT2D eigenvalue weighted by Gasteiger charge is -2.35. The van der Waals surface area contributed by atoms with Crippen LogP contribution in [0.5, 0.6) is 0 Å². The molecule has 2 N–H and O–H groups in total. The van der Waals surface area contributed by atoms with Crippen molar-refractivity contribution in [3.05, 3.63) is 0 Å². The molecule has 6 nitrogen and oxygen atoms in total. The van der Waals surface area contributed by atoms with E-state index in [4.69, 9.17) is 0 Å². The first kappa shape index (κ1) is 16.4. The van der Waals surface area contributed by atoms with Crippen LogP contribution in [0.4, 0.5) is 0 Å². The van der Waals surface area contributed by atoms with Crippen molar-refractivity contribution in [1.82, 2.24) is 14.9 Å². The Bertz CT molecular complexity index is 400. The topological polar surface area (TPSA) is 78.5 Å². The Morgan fingerprint density at radius 3 is 2.37 bits per heavy atom. The smallest absolute Gasteiger partial charge is 0.226 e. The molecule has 0 atom stereocenters. The molecule has 1 saturated heterocycles. The van der Waals surface area contributed by atoms with Crippen LogP contribution >= 0.6 is 0 Å². The van der Waals surface area contributed by atoms with Gasteiger partial charge in [-0.25, -0.2) is 12.7 Å². The van der Waals surface area contributed by atoms with E-state index in [0.29, 0.717) is 0 Å². The molecule has 112 valence electrons. The standard InChI is InChI=1S/C12H25N3O3S/c1-4-12(5-7-13-8-6-12)11(16)14-9-10-19(17,18)15(2)3/h13H,4-10H2,1-3H3,(H,14,16). The molecule has 0 aromatic carbocycles. The lowest BCUT2D eigenvalue weighted by atomic mass is 9.76. The van der Waals surface area contributed by atoms with Gasteiger partial charge in [-0.05, 0) is 32.4 Å². The quantitative estimate of drug-likeness (QED) is 0.709. The number of hydrogen-bond donors (Lipinski definition) is 2. The molecule has 1 rings (SSSR count). The summed E-state index contributed by atoms with van der Waals surface area (Å²) in [6.07, 6.45) is 2.42. The summed E-state index contributed by atoms with van der Waals surface area (Å²) in [5.74, 6) is -0.0606. The number of nitrogens with one attached hydrogen (secondary N) is 2. The zero-order chi connectivity index (χ0) is 14.5. The number of rotatable bonds is 6. The highest BCUT2D eigenvalue weighted by molar-refractivity contribution is 7.89. The molecular formula is C12H25N3O3S. The predicted molar refractivity (Wildman–Crippen MR) is 75.3 cm³/mol. The summed E-state index contributed by atoms with van der Waals surface area (Å²) in [6, 6.07) is 0. The Labute approximate surface area is 116 Å². The van der Waals surface area contributed by atoms with Crippen molar-refractivity contribution in [3.63, 3.8) is 0 Å². The van der Waals surface area contributed by atoms with Crippen LogP contribution in [0, 0.1) is 5.41 Å². The van der Waals surface area contributed by atoms with Crippen molar-refractivity contribution in [2.75, 3.05) is 39.5 Å². The second kappa shape index (κ2) is 6.67. The minimum absolute atomic E-state index is 0.00884. The summed E-state index contributed by atoms with van der Waals surface area (Å²) in [5, 5.41) is 6.02. The fourth-order valence-electron chi connectivity index (χ4n) is 2.31. The van der Waals surface area contributed by atoms with E-state index in [0.717, 1.165) is 32.4 Å². The Morgan fingerprint density at radius 1 is 1.32 bits per heavy atom. The average Bonchev–Trinajstić information content (AvgIpc) is 2.39. The molecule has 0 aromatic rings. The van der Waals surface area contributed by atoms with Gasteiger partial charge in [-0.15, -0.1) is 0 Å². The van der Waals surface area contributed by atoms with Crippen LogP contribution in [-0.4, -0.2) is 58.1 Å². The first-order valence-electron chi connectivity index (χ1n) is 6.73. The fraction of sp³-hybridized carbons (Fsp3) is 0.917. The SMILES string of the molecule is CCC1(C(=O)NCCS(=O)(=O)N(C)C)CCNCC1. The van der Waals surface area contributed by atoms with Crippen LogP contribution in [0.15, 0.2) is 0 Å². The van der Waals surface area contributed by atoms with Gasteiger partial charge in [0.15, 0.2) is 0 Å². The first-order valence-corrected chi connectivity index (χ1v) is 8.34. The molecule has 0 aliphatic carbocycles. The van der Waals surface area contributed by atoms with Gasteiger partial charge in [0.05, 0.1) is 11.2 Å². The van der Waals surface area contributed by atoms with Gasteiger partial charge < -0.3 is 10.6 Å². The third-order valence-corrected chi connectivity index (χ3v) is 5.75. The molecule has 19 heavy (non-hydrogen) atoms. The minimum atomic E-state index is -3.24. The van der Waals surface area contributed by atoms with Crippen LogP contribution < -0.4 is 10.6 Å². The maximum absolute atomic E-state index is 12.3. The highest BCUT2D eigenvalue weighted by atomic mass is 32.2. The molecule has 0 radical (unpaired) electrons. The van der Waals surface area contributed by atoms with Crippen molar-refractivity contribution >= 4 is 15.9 Å². The van der Waals surface area contributed by atoms with Gasteiger partial charge in [0, 0.05) is 20.6 Å². The normalized spacial score (nSPS) is 19.4. The minimum Gasteiger partial charge on any atom is -0.355 e. The second-order valence-corrected chi connectivity index (χ2v) is 7.54. The third-order valence-electron chi connectivity index (χ3n) is 3.92. The summed E-state index contributed by atoms with van der Waals surface area (Å²) in [6.45, 7) is 3.88. The van der Waals surface area contributed by atoms with E-state index in [1.807, 2.05) is 6.92 Å². The number of carbonyl (C=O) groups is 1. The van der Waals surface area contributed by atoms with E-state index >= 15 is 0 Å². The Kier molecular flexibility index (Phi) is 5.76. The van der Waals surface area contributed by atoms with Crippen molar-refractivity contribution < 1.29 is 13.2 Å². The number of sulfonamides is 1. The summed E-state index contributed by atoms with van der Waals surface area (Å²) < 4.78 is 24.4. The lowest BCUT2D eigenvalue weighted by Crippen LogP contribution is -2.48. The molecular weight excluding hydrogens is 266 g/mol. The molecule has 0 aromatic heterocycles. The van der Waals surface area contributed by atoms with E-state index in [1.54, 1.807) is 0 Å². The molecule has 0 saturated carbocycles. The van der Waals surface area contributed by atoms with E-state index < -0.39 is 10.0 Å². The monoisotopic (exact) mass is 291 g/mol. The number of carbonyl (C=O) groups excluding carboxylic acids is 1. The number of piperidine rings is 1. The number of nitrogens with zero attached hydrogens (tertiary/aromatic N) is 1. The van der Waals surface area contributed by atoms with E-state index in [-0.39, 0.29) is 23.6 Å². The summed E-state index contributed by atoms with van der Waals surface area (Å²) in [5.41, 5.74) is -0.326. The molecule has 1 heterocycles. The van der Waals surface area contributed by atoms with Crippen molar-refractivity contribution in [2.45, 2.75) is 26.2 Å². The van der Waals surface area contributed by atoms with Crippen molar-refractivity contribution in [2.24, 2.45) is 5.41 Å². The largest absolute Gasteiger partial charge is 0.355 e. The second-order valence-electron chi connectivity index (χ2n) is 5.24. The van der Waals surface area contributed by atoms with E-state index in [9.17, 15) is 13.2 Å². The van der Waals surface area contributed by atoms with Crippen LogP contribution in [0.3, 0.4) is 0 Å². The summed E-state index contributed by atoms with van der Waals surface area (Å²) >= 11 is 0. The average molecular weight is 291 g/mol. The van der Waals surface area contributed by atoms with Gasteiger partial charge in [0.25, 0.3) is 0 Å². The number of amides is 1. The first-order chi connectivity index (χ1) is 8.84. The van der Waals surface area contributed by atoms with Gasteiger partial charge in [0.2, 0.25) is 15.9 Å². The van der Waals surface area contributed by atoms with Crippen LogP contribution in [-0.2, 0) is 14.8 Å². The maximum Gasteiger partial charge on any atom is 0.226 e. The lowest BCUT2D eigenvalue weighted by molar-refractivity contribution is -0.132. The Morgan fingerprint density at radius 2 is 1.89 bits per heavy atom. The summed E-state index contributed by atoms with van der Waals surface area (Å²) in [7, 11) is -0.250.